The normalized spacial score (nSPS) is 18.3. The number of anilines is 2. The van der Waals surface area contributed by atoms with Gasteiger partial charge in [-0.15, -0.1) is 0 Å². The Morgan fingerprint density at radius 2 is 1.65 bits per heavy atom. The van der Waals surface area contributed by atoms with Gasteiger partial charge in [-0.2, -0.15) is 0 Å². The topological polar surface area (TPSA) is 58.6 Å². The van der Waals surface area contributed by atoms with Gasteiger partial charge in [0, 0.05) is 56.5 Å². The van der Waals surface area contributed by atoms with Crippen molar-refractivity contribution in [3.05, 3.63) is 54.7 Å². The van der Waals surface area contributed by atoms with E-state index in [9.17, 15) is 4.79 Å². The first-order valence-corrected chi connectivity index (χ1v) is 11.2. The molecule has 2 saturated heterocycles. The fourth-order valence-corrected chi connectivity index (χ4v) is 4.58. The van der Waals surface area contributed by atoms with E-state index in [0.29, 0.717) is 5.88 Å². The van der Waals surface area contributed by atoms with Crippen LogP contribution in [0.3, 0.4) is 0 Å². The third kappa shape index (κ3) is 4.33. The lowest BCUT2D eigenvalue weighted by Crippen LogP contribution is -2.39. The van der Waals surface area contributed by atoms with Gasteiger partial charge in [-0.05, 0) is 43.2 Å². The molecule has 0 bridgehead atoms. The van der Waals surface area contributed by atoms with Crippen molar-refractivity contribution in [2.24, 2.45) is 5.92 Å². The first-order chi connectivity index (χ1) is 15.3. The lowest BCUT2D eigenvalue weighted by molar-refractivity contribution is -0.111. The van der Waals surface area contributed by atoms with E-state index in [0.717, 1.165) is 75.2 Å². The molecule has 6 heteroatoms. The van der Waals surface area contributed by atoms with Crippen LogP contribution in [-0.2, 0) is 4.79 Å². The van der Waals surface area contributed by atoms with E-state index in [1.807, 2.05) is 18.2 Å². The summed E-state index contributed by atoms with van der Waals surface area (Å²) in [6, 6.07) is 16.5. The molecule has 0 radical (unpaired) electrons. The van der Waals surface area contributed by atoms with Crippen molar-refractivity contribution in [1.29, 1.82) is 0 Å². The Bertz CT molecular complexity index is 1040. The van der Waals surface area contributed by atoms with Crippen LogP contribution in [0.4, 0.5) is 11.5 Å². The first kappa shape index (κ1) is 19.8. The van der Waals surface area contributed by atoms with Crippen LogP contribution in [0.15, 0.2) is 54.7 Å². The van der Waals surface area contributed by atoms with E-state index in [1.165, 1.54) is 5.39 Å². The van der Waals surface area contributed by atoms with Crippen LogP contribution in [0.5, 0.6) is 5.88 Å². The summed E-state index contributed by atoms with van der Waals surface area (Å²) in [6.45, 7) is 3.58. The van der Waals surface area contributed by atoms with E-state index in [1.54, 1.807) is 6.20 Å². The summed E-state index contributed by atoms with van der Waals surface area (Å²) < 4.78 is 6.38. The molecule has 2 aliphatic rings. The highest BCUT2D eigenvalue weighted by molar-refractivity contribution is 5.80. The van der Waals surface area contributed by atoms with Crippen LogP contribution >= 0.6 is 0 Å². The number of carbonyl (C=O) groups is 1. The van der Waals surface area contributed by atoms with Crippen molar-refractivity contribution >= 4 is 28.7 Å². The van der Waals surface area contributed by atoms with Crippen molar-refractivity contribution in [2.75, 3.05) is 36.0 Å². The molecule has 0 unspecified atom stereocenters. The largest absolute Gasteiger partial charge is 0.473 e. The molecule has 0 amide bonds. The molecule has 0 N–H and O–H groups in total. The Kier molecular flexibility index (Phi) is 5.69. The molecule has 160 valence electrons. The van der Waals surface area contributed by atoms with E-state index in [4.69, 9.17) is 9.72 Å². The van der Waals surface area contributed by atoms with E-state index in [2.05, 4.69) is 45.1 Å². The quantitative estimate of drug-likeness (QED) is 0.584. The zero-order chi connectivity index (χ0) is 21.0. The summed E-state index contributed by atoms with van der Waals surface area (Å²) in [5.74, 6) is 1.94. The lowest BCUT2D eigenvalue weighted by atomic mass is 9.98. The van der Waals surface area contributed by atoms with E-state index >= 15 is 0 Å². The fourth-order valence-electron chi connectivity index (χ4n) is 4.58. The van der Waals surface area contributed by atoms with Gasteiger partial charge >= 0.3 is 0 Å². The maximum Gasteiger partial charge on any atom is 0.237 e. The number of aldehydes is 1. The summed E-state index contributed by atoms with van der Waals surface area (Å²) in [5.41, 5.74) is 2.08. The van der Waals surface area contributed by atoms with Crippen molar-refractivity contribution in [3.8, 4) is 5.88 Å². The Morgan fingerprint density at radius 1 is 0.871 bits per heavy atom. The second-order valence-corrected chi connectivity index (χ2v) is 8.45. The molecular formula is C25H28N4O2. The van der Waals surface area contributed by atoms with Gasteiger partial charge < -0.3 is 19.3 Å². The monoisotopic (exact) mass is 416 g/mol. The number of hydrogen-bond donors (Lipinski definition) is 0. The minimum atomic E-state index is 0.151. The van der Waals surface area contributed by atoms with Crippen molar-refractivity contribution < 1.29 is 9.53 Å². The first-order valence-electron chi connectivity index (χ1n) is 11.2. The predicted octanol–water partition coefficient (Wildman–Crippen LogP) is 4.09. The number of pyridine rings is 2. The molecule has 0 atom stereocenters. The van der Waals surface area contributed by atoms with Gasteiger partial charge in [-0.25, -0.2) is 9.97 Å². The minimum Gasteiger partial charge on any atom is -0.473 e. The van der Waals surface area contributed by atoms with Crippen LogP contribution in [0.25, 0.3) is 10.9 Å². The number of carbonyl (C=O) groups excluding carboxylic acids is 1. The third-order valence-electron chi connectivity index (χ3n) is 6.45. The average Bonchev–Trinajstić information content (AvgIpc) is 2.85. The van der Waals surface area contributed by atoms with Crippen LogP contribution < -0.4 is 14.5 Å². The smallest absolute Gasteiger partial charge is 0.237 e. The van der Waals surface area contributed by atoms with Gasteiger partial charge in [0.2, 0.25) is 5.88 Å². The molecule has 2 aliphatic heterocycles. The number of hydrogen-bond acceptors (Lipinski definition) is 6. The molecule has 4 heterocycles. The van der Waals surface area contributed by atoms with E-state index < -0.39 is 0 Å². The lowest BCUT2D eigenvalue weighted by Gasteiger charge is -2.35. The number of fused-ring (bicyclic) bond motifs is 1. The van der Waals surface area contributed by atoms with Crippen molar-refractivity contribution in [2.45, 2.75) is 31.8 Å². The summed E-state index contributed by atoms with van der Waals surface area (Å²) in [7, 11) is 0. The van der Waals surface area contributed by atoms with Gasteiger partial charge in [-0.3, -0.25) is 0 Å². The molecule has 0 saturated carbocycles. The number of nitrogens with zero attached hydrogens (tertiary/aromatic N) is 4. The molecule has 0 aliphatic carbocycles. The second-order valence-electron chi connectivity index (χ2n) is 8.45. The van der Waals surface area contributed by atoms with Crippen molar-refractivity contribution in [3.63, 3.8) is 0 Å². The Labute approximate surface area is 182 Å². The van der Waals surface area contributed by atoms with E-state index in [-0.39, 0.29) is 12.0 Å². The zero-order valence-corrected chi connectivity index (χ0v) is 17.7. The van der Waals surface area contributed by atoms with Gasteiger partial charge in [-0.1, -0.05) is 18.2 Å². The molecule has 5 rings (SSSR count). The highest BCUT2D eigenvalue weighted by Crippen LogP contribution is 2.31. The fraction of sp³-hybridized carbons (Fsp3) is 0.400. The molecule has 3 aromatic rings. The van der Waals surface area contributed by atoms with Gasteiger partial charge in [0.1, 0.15) is 18.2 Å². The number of aromatic nitrogens is 2. The minimum absolute atomic E-state index is 0.151. The molecule has 0 spiro atoms. The van der Waals surface area contributed by atoms with Crippen LogP contribution in [0.1, 0.15) is 25.7 Å². The second kappa shape index (κ2) is 8.92. The number of ether oxygens (including phenoxy) is 1. The van der Waals surface area contributed by atoms with Crippen LogP contribution in [0, 0.1) is 5.92 Å². The molecular weight excluding hydrogens is 388 g/mol. The Morgan fingerprint density at radius 3 is 2.45 bits per heavy atom. The maximum atomic E-state index is 11.1. The number of piperidine rings is 2. The molecule has 6 nitrogen and oxygen atoms in total. The van der Waals surface area contributed by atoms with Crippen molar-refractivity contribution in [1.82, 2.24) is 9.97 Å². The SMILES string of the molecule is O=CC1CCN(c2cccnc2OC2CCN(c3ccc4ccccc4n3)CC2)CC1. The standard InChI is InChI=1S/C25H28N4O2/c30-18-19-9-14-28(15-10-19)23-6-3-13-26-25(23)31-21-11-16-29(17-12-21)24-8-7-20-4-1-2-5-22(20)27-24/h1-8,13,18-19,21H,9-12,14-17H2. The van der Waals surface area contributed by atoms with Gasteiger partial charge in [0.25, 0.3) is 0 Å². The van der Waals surface area contributed by atoms with Crippen LogP contribution in [0.2, 0.25) is 0 Å². The summed E-state index contributed by atoms with van der Waals surface area (Å²) >= 11 is 0. The average molecular weight is 417 g/mol. The maximum absolute atomic E-state index is 11.1. The Balaban J connectivity index is 1.22. The van der Waals surface area contributed by atoms with Gasteiger partial charge in [0.05, 0.1) is 11.2 Å². The zero-order valence-electron chi connectivity index (χ0n) is 17.7. The summed E-state index contributed by atoms with van der Waals surface area (Å²) in [4.78, 5) is 25.1. The molecule has 2 fully saturated rings. The summed E-state index contributed by atoms with van der Waals surface area (Å²) in [5, 5.41) is 1.17. The molecule has 2 aromatic heterocycles. The molecule has 31 heavy (non-hydrogen) atoms. The Hall–Kier alpha value is -3.15. The number of benzene rings is 1. The number of rotatable bonds is 5. The highest BCUT2D eigenvalue weighted by atomic mass is 16.5. The van der Waals surface area contributed by atoms with Crippen LogP contribution in [-0.4, -0.2) is 48.5 Å². The summed E-state index contributed by atoms with van der Waals surface area (Å²) in [6.07, 6.45) is 6.72. The predicted molar refractivity (Wildman–Crippen MR) is 123 cm³/mol. The third-order valence-corrected chi connectivity index (χ3v) is 6.45. The highest BCUT2D eigenvalue weighted by Gasteiger charge is 2.25. The molecule has 1 aromatic carbocycles. The number of para-hydroxylation sites is 1. The van der Waals surface area contributed by atoms with Gasteiger partial charge in [0.15, 0.2) is 0 Å².